The van der Waals surface area contributed by atoms with Gasteiger partial charge >= 0.3 is 5.97 Å². The second-order valence-electron chi connectivity index (χ2n) is 14.2. The van der Waals surface area contributed by atoms with Gasteiger partial charge in [0.25, 0.3) is 18.3 Å². The normalized spacial score (nSPS) is 19.4. The lowest BCUT2D eigenvalue weighted by atomic mass is 9.75. The minimum atomic E-state index is -3.10. The van der Waals surface area contributed by atoms with Gasteiger partial charge in [-0.25, -0.2) is 32.2 Å². The van der Waals surface area contributed by atoms with Crippen LogP contribution < -0.4 is 5.73 Å². The van der Waals surface area contributed by atoms with Crippen molar-refractivity contribution in [1.82, 2.24) is 34.7 Å². The summed E-state index contributed by atoms with van der Waals surface area (Å²) in [6, 6.07) is 10.1. The number of esters is 1. The summed E-state index contributed by atoms with van der Waals surface area (Å²) in [5, 5.41) is 12.2. The molecule has 12 nitrogen and oxygen atoms in total. The van der Waals surface area contributed by atoms with Crippen molar-refractivity contribution in [2.45, 2.75) is 77.3 Å². The number of nitrogens with zero attached hydrogens (tertiary/aromatic N) is 8. The van der Waals surface area contributed by atoms with Crippen LogP contribution in [0.1, 0.15) is 82.8 Å². The first-order valence-corrected chi connectivity index (χ1v) is 16.5. The largest absolute Gasteiger partial charge is 0.463 e. The zero-order valence-corrected chi connectivity index (χ0v) is 29.0. The van der Waals surface area contributed by atoms with E-state index in [9.17, 15) is 27.2 Å². The maximum Gasteiger partial charge on any atom is 0.306 e. The number of benzene rings is 2. The third kappa shape index (κ3) is 6.93. The van der Waals surface area contributed by atoms with Gasteiger partial charge < -0.3 is 10.5 Å². The van der Waals surface area contributed by atoms with Gasteiger partial charge in [0.05, 0.1) is 41.3 Å². The molecule has 1 saturated carbocycles. The summed E-state index contributed by atoms with van der Waals surface area (Å²) in [6.07, 6.45) is 1.01. The number of carbonyl (C=O) groups is 2. The molecule has 2 aromatic carbocycles. The molecule has 1 amide bonds. The molecular weight excluding hydrogens is 694 g/mol. The number of aliphatic imine (C=N–C) groups is 1. The van der Waals surface area contributed by atoms with E-state index in [1.165, 1.54) is 40.3 Å². The highest BCUT2D eigenvalue weighted by Gasteiger charge is 2.60. The molecule has 0 bridgehead atoms. The fourth-order valence-corrected chi connectivity index (χ4v) is 6.72. The number of amides is 1. The number of nitrogens with two attached hydrogens (primary N) is 1. The molecule has 2 atom stereocenters. The minimum absolute atomic E-state index is 0.00628. The summed E-state index contributed by atoms with van der Waals surface area (Å²) in [6.45, 7) is 6.08. The lowest BCUT2D eigenvalue weighted by Gasteiger charge is -2.35. The molecule has 0 unspecified atom stereocenters. The number of carbonyl (C=O) groups excluding carboxylic acids is 2. The van der Waals surface area contributed by atoms with Crippen LogP contribution in [0.4, 0.5) is 17.6 Å². The molecule has 270 valence electrons. The molecule has 0 radical (unpaired) electrons. The molecule has 17 heteroatoms. The second kappa shape index (κ2) is 13.0. The zero-order valence-electron chi connectivity index (χ0n) is 28.2. The van der Waals surface area contributed by atoms with Gasteiger partial charge in [-0.3, -0.25) is 14.5 Å². The Bertz CT molecular complexity index is 1950. The van der Waals surface area contributed by atoms with E-state index in [4.69, 9.17) is 27.1 Å². The SMILES string of the molecule is CC(C)(C)C[C@]1(c2ccc(-n3nccn3)cc2)N=C(N)N([C@H](COC(=O)CC2(C(C)(F)F)CC2)c2ccc(Cl)c(-n3ncnc3C(F)F)c2)C1=O. The molecule has 0 spiro atoms. The van der Waals surface area contributed by atoms with Crippen LogP contribution in [0.3, 0.4) is 0 Å². The molecule has 0 saturated heterocycles. The fourth-order valence-electron chi connectivity index (χ4n) is 6.52. The van der Waals surface area contributed by atoms with Crippen LogP contribution in [0.25, 0.3) is 11.4 Å². The molecule has 1 fully saturated rings. The van der Waals surface area contributed by atoms with Gasteiger partial charge in [0, 0.05) is 5.41 Å². The van der Waals surface area contributed by atoms with Crippen LogP contribution in [0.15, 0.2) is 66.2 Å². The first kappa shape index (κ1) is 35.9. The average molecular weight is 730 g/mol. The van der Waals surface area contributed by atoms with E-state index in [1.807, 2.05) is 20.8 Å². The molecule has 2 aliphatic rings. The van der Waals surface area contributed by atoms with Gasteiger partial charge in [0.2, 0.25) is 0 Å². The van der Waals surface area contributed by atoms with Gasteiger partial charge in [-0.1, -0.05) is 50.6 Å². The Balaban J connectivity index is 1.41. The third-order valence-electron chi connectivity index (χ3n) is 9.24. The molecule has 3 heterocycles. The lowest BCUT2D eigenvalue weighted by Crippen LogP contribution is -2.47. The number of rotatable bonds is 12. The van der Waals surface area contributed by atoms with Crippen LogP contribution in [0.2, 0.25) is 5.02 Å². The van der Waals surface area contributed by atoms with Crippen LogP contribution in [-0.2, 0) is 19.9 Å². The lowest BCUT2D eigenvalue weighted by molar-refractivity contribution is -0.153. The van der Waals surface area contributed by atoms with Crippen molar-refractivity contribution in [2.24, 2.45) is 21.6 Å². The fraction of sp³-hybridized carbons (Fsp3) is 0.441. The van der Waals surface area contributed by atoms with Gasteiger partial charge in [0.1, 0.15) is 12.9 Å². The first-order chi connectivity index (χ1) is 23.9. The Kier molecular flexibility index (Phi) is 9.19. The number of aromatic nitrogens is 6. The van der Waals surface area contributed by atoms with Gasteiger partial charge in [-0.15, -0.1) is 0 Å². The Labute approximate surface area is 295 Å². The quantitative estimate of drug-likeness (QED) is 0.131. The Morgan fingerprint density at radius 2 is 1.71 bits per heavy atom. The number of ether oxygens (including phenoxy) is 1. The van der Waals surface area contributed by atoms with E-state index in [0.717, 1.165) is 17.9 Å². The monoisotopic (exact) mass is 729 g/mol. The van der Waals surface area contributed by atoms with Crippen LogP contribution in [-0.4, -0.2) is 65.0 Å². The van der Waals surface area contributed by atoms with Gasteiger partial charge in [-0.05, 0) is 67.0 Å². The predicted molar refractivity (Wildman–Crippen MR) is 178 cm³/mol. The number of hydrogen-bond donors (Lipinski definition) is 1. The number of guanidine groups is 1. The van der Waals surface area contributed by atoms with Crippen LogP contribution in [0.5, 0.6) is 0 Å². The molecule has 1 aliphatic heterocycles. The molecular formula is C34H36ClF4N9O3. The van der Waals surface area contributed by atoms with Crippen LogP contribution in [0, 0.1) is 10.8 Å². The molecule has 51 heavy (non-hydrogen) atoms. The topological polar surface area (TPSA) is 146 Å². The Morgan fingerprint density at radius 3 is 2.29 bits per heavy atom. The Hall–Kier alpha value is -4.86. The van der Waals surface area contributed by atoms with E-state index in [-0.39, 0.29) is 41.5 Å². The van der Waals surface area contributed by atoms with Crippen molar-refractivity contribution in [1.29, 1.82) is 0 Å². The van der Waals surface area contributed by atoms with E-state index in [0.29, 0.717) is 11.3 Å². The average Bonchev–Trinajstić information content (AvgIpc) is 3.38. The van der Waals surface area contributed by atoms with Crippen LogP contribution >= 0.6 is 11.6 Å². The molecule has 2 N–H and O–H groups in total. The highest BCUT2D eigenvalue weighted by atomic mass is 35.5. The van der Waals surface area contributed by atoms with E-state index in [2.05, 4.69) is 20.3 Å². The third-order valence-corrected chi connectivity index (χ3v) is 9.56. The van der Waals surface area contributed by atoms with Crippen molar-refractivity contribution in [2.75, 3.05) is 6.61 Å². The summed E-state index contributed by atoms with van der Waals surface area (Å²) >= 11 is 6.45. The van der Waals surface area contributed by atoms with Crippen molar-refractivity contribution >= 4 is 29.4 Å². The summed E-state index contributed by atoms with van der Waals surface area (Å²) in [4.78, 5) is 39.0. The molecule has 1 aliphatic carbocycles. The van der Waals surface area contributed by atoms with Crippen molar-refractivity contribution in [3.05, 3.63) is 83.2 Å². The number of alkyl halides is 4. The maximum atomic E-state index is 14.9. The summed E-state index contributed by atoms with van der Waals surface area (Å²) in [5.41, 5.74) is 4.50. The summed E-state index contributed by atoms with van der Waals surface area (Å²) in [5.74, 6) is -5.43. The zero-order chi connectivity index (χ0) is 36.9. The van der Waals surface area contributed by atoms with Gasteiger partial charge in [0.15, 0.2) is 17.3 Å². The summed E-state index contributed by atoms with van der Waals surface area (Å²) < 4.78 is 62.8. The van der Waals surface area contributed by atoms with E-state index < -0.39 is 65.5 Å². The second-order valence-corrected chi connectivity index (χ2v) is 14.6. The number of hydrogen-bond acceptors (Lipinski definition) is 9. The van der Waals surface area contributed by atoms with Gasteiger partial charge in [-0.2, -0.15) is 20.1 Å². The smallest absolute Gasteiger partial charge is 0.306 e. The highest BCUT2D eigenvalue weighted by Crippen LogP contribution is 2.59. The highest BCUT2D eigenvalue weighted by molar-refractivity contribution is 6.32. The Morgan fingerprint density at radius 1 is 1.04 bits per heavy atom. The van der Waals surface area contributed by atoms with Crippen molar-refractivity contribution in [3.63, 3.8) is 0 Å². The van der Waals surface area contributed by atoms with E-state index >= 15 is 0 Å². The maximum absolute atomic E-state index is 14.9. The number of halogens is 5. The predicted octanol–water partition coefficient (Wildman–Crippen LogP) is 6.34. The molecule has 4 aromatic rings. The molecule has 6 rings (SSSR count). The molecule has 2 aromatic heterocycles. The summed E-state index contributed by atoms with van der Waals surface area (Å²) in [7, 11) is 0. The standard InChI is InChI=1S/C34H36ClF4N9O3/c1-31(2,3)18-34(21-6-8-22(9-7-21)48-42-13-14-43-48)29(50)46(30(40)45-34)25(17-51-26(49)16-33(11-12-33)32(4,38)39)20-5-10-23(35)24(15-20)47-28(27(36)37)41-19-44-47/h5-10,13-15,19,25,27H,11-12,16-18H2,1-4H3,(H2,40,45)/t25-,34-/m1/s1. The first-order valence-electron chi connectivity index (χ1n) is 16.1. The van der Waals surface area contributed by atoms with E-state index in [1.54, 1.807) is 24.3 Å². The van der Waals surface area contributed by atoms with Crippen molar-refractivity contribution in [3.8, 4) is 11.4 Å². The van der Waals surface area contributed by atoms with Crippen molar-refractivity contribution < 1.29 is 31.9 Å². The minimum Gasteiger partial charge on any atom is -0.463 e.